The summed E-state index contributed by atoms with van der Waals surface area (Å²) in [5.74, 6) is 0.539. The van der Waals surface area contributed by atoms with Crippen LogP contribution in [0.1, 0.15) is 6.92 Å². The molecule has 0 aliphatic rings. The van der Waals surface area contributed by atoms with Gasteiger partial charge in [0.1, 0.15) is 5.58 Å². The van der Waals surface area contributed by atoms with Gasteiger partial charge in [-0.1, -0.05) is 18.2 Å². The van der Waals surface area contributed by atoms with Crippen molar-refractivity contribution < 1.29 is 13.9 Å². The maximum atomic E-state index is 11.3. The zero-order chi connectivity index (χ0) is 13.4. The third-order valence-electron chi connectivity index (χ3n) is 3.02. The number of fused-ring (bicyclic) bond motifs is 3. The van der Waals surface area contributed by atoms with Gasteiger partial charge in [0.05, 0.1) is 18.2 Å². The SMILES string of the molecule is COc1ccc(NC(C)=O)c2c1oc1ccccc12. The lowest BCUT2D eigenvalue weighted by Gasteiger charge is -2.06. The molecular formula is C15H13NO3. The van der Waals surface area contributed by atoms with Crippen LogP contribution in [0.25, 0.3) is 21.9 Å². The summed E-state index contributed by atoms with van der Waals surface area (Å²) in [5, 5.41) is 4.65. The van der Waals surface area contributed by atoms with Gasteiger partial charge in [-0.05, 0) is 18.2 Å². The highest BCUT2D eigenvalue weighted by Crippen LogP contribution is 2.39. The van der Waals surface area contributed by atoms with Crippen molar-refractivity contribution in [3.63, 3.8) is 0 Å². The number of carbonyl (C=O) groups is 1. The van der Waals surface area contributed by atoms with E-state index in [1.165, 1.54) is 6.92 Å². The van der Waals surface area contributed by atoms with E-state index in [2.05, 4.69) is 5.32 Å². The summed E-state index contributed by atoms with van der Waals surface area (Å²) in [4.78, 5) is 11.3. The molecular weight excluding hydrogens is 242 g/mol. The van der Waals surface area contributed by atoms with E-state index >= 15 is 0 Å². The van der Waals surface area contributed by atoms with Crippen LogP contribution in [0.5, 0.6) is 5.75 Å². The number of methoxy groups -OCH3 is 1. The van der Waals surface area contributed by atoms with Crippen molar-refractivity contribution in [1.82, 2.24) is 0 Å². The van der Waals surface area contributed by atoms with Gasteiger partial charge in [-0.3, -0.25) is 4.79 Å². The van der Waals surface area contributed by atoms with Gasteiger partial charge in [-0.25, -0.2) is 0 Å². The van der Waals surface area contributed by atoms with Crippen LogP contribution < -0.4 is 10.1 Å². The molecule has 4 nitrogen and oxygen atoms in total. The molecule has 0 fully saturated rings. The van der Waals surface area contributed by atoms with Crippen molar-refractivity contribution in [2.24, 2.45) is 0 Å². The van der Waals surface area contributed by atoms with Crippen LogP contribution in [-0.4, -0.2) is 13.0 Å². The average Bonchev–Trinajstić information content (AvgIpc) is 2.78. The van der Waals surface area contributed by atoms with E-state index in [4.69, 9.17) is 9.15 Å². The van der Waals surface area contributed by atoms with Crippen molar-refractivity contribution in [3.05, 3.63) is 36.4 Å². The lowest BCUT2D eigenvalue weighted by molar-refractivity contribution is -0.114. The molecule has 0 saturated carbocycles. The molecule has 4 heteroatoms. The van der Waals surface area contributed by atoms with Gasteiger partial charge >= 0.3 is 0 Å². The smallest absolute Gasteiger partial charge is 0.221 e. The number of nitrogens with one attached hydrogen (secondary N) is 1. The molecule has 0 atom stereocenters. The summed E-state index contributed by atoms with van der Waals surface area (Å²) in [6.45, 7) is 1.48. The second-order valence-electron chi connectivity index (χ2n) is 4.30. The minimum atomic E-state index is -0.114. The summed E-state index contributed by atoms with van der Waals surface area (Å²) < 4.78 is 11.1. The molecule has 1 N–H and O–H groups in total. The van der Waals surface area contributed by atoms with E-state index in [1.54, 1.807) is 13.2 Å². The zero-order valence-electron chi connectivity index (χ0n) is 10.7. The average molecular weight is 255 g/mol. The van der Waals surface area contributed by atoms with E-state index < -0.39 is 0 Å². The molecule has 0 spiro atoms. The van der Waals surface area contributed by atoms with Gasteiger partial charge in [0.15, 0.2) is 11.3 Å². The summed E-state index contributed by atoms with van der Waals surface area (Å²) in [6.07, 6.45) is 0. The molecule has 3 rings (SSSR count). The number of amides is 1. The van der Waals surface area contributed by atoms with E-state index in [9.17, 15) is 4.79 Å². The fourth-order valence-electron chi connectivity index (χ4n) is 2.26. The Hall–Kier alpha value is -2.49. The molecule has 0 unspecified atom stereocenters. The maximum absolute atomic E-state index is 11.3. The van der Waals surface area contributed by atoms with E-state index in [-0.39, 0.29) is 5.91 Å². The highest BCUT2D eigenvalue weighted by Gasteiger charge is 2.15. The van der Waals surface area contributed by atoms with Crippen LogP contribution in [0.3, 0.4) is 0 Å². The number of carbonyl (C=O) groups excluding carboxylic acids is 1. The van der Waals surface area contributed by atoms with Crippen LogP contribution in [0.4, 0.5) is 5.69 Å². The van der Waals surface area contributed by atoms with Gasteiger partial charge in [-0.2, -0.15) is 0 Å². The van der Waals surface area contributed by atoms with Crippen LogP contribution in [0.15, 0.2) is 40.8 Å². The second-order valence-corrected chi connectivity index (χ2v) is 4.30. The lowest BCUT2D eigenvalue weighted by Crippen LogP contribution is -2.05. The number of hydrogen-bond donors (Lipinski definition) is 1. The quantitative estimate of drug-likeness (QED) is 0.761. The first-order valence-corrected chi connectivity index (χ1v) is 5.96. The van der Waals surface area contributed by atoms with E-state index in [0.717, 1.165) is 22.0 Å². The molecule has 1 aromatic heterocycles. The van der Waals surface area contributed by atoms with Crippen molar-refractivity contribution in [2.45, 2.75) is 6.92 Å². The van der Waals surface area contributed by atoms with Crippen molar-refractivity contribution in [3.8, 4) is 5.75 Å². The first kappa shape index (κ1) is 11.6. The Bertz CT molecular complexity index is 774. The molecule has 96 valence electrons. The number of anilines is 1. The highest BCUT2D eigenvalue weighted by atomic mass is 16.5. The monoisotopic (exact) mass is 255 g/mol. The molecule has 1 heterocycles. The normalized spacial score (nSPS) is 10.8. The fraction of sp³-hybridized carbons (Fsp3) is 0.133. The number of furan rings is 1. The van der Waals surface area contributed by atoms with Crippen LogP contribution in [0.2, 0.25) is 0 Å². The van der Waals surface area contributed by atoms with E-state index in [1.807, 2.05) is 30.3 Å². The molecule has 2 aromatic carbocycles. The van der Waals surface area contributed by atoms with Crippen LogP contribution in [-0.2, 0) is 4.79 Å². The number of para-hydroxylation sites is 1. The summed E-state index contributed by atoms with van der Waals surface area (Å²) >= 11 is 0. The van der Waals surface area contributed by atoms with Gasteiger partial charge in [0.2, 0.25) is 5.91 Å². The van der Waals surface area contributed by atoms with Gasteiger partial charge < -0.3 is 14.5 Å². The highest BCUT2D eigenvalue weighted by molar-refractivity contribution is 6.15. The fourth-order valence-corrected chi connectivity index (χ4v) is 2.26. The van der Waals surface area contributed by atoms with Gasteiger partial charge in [-0.15, -0.1) is 0 Å². The molecule has 0 bridgehead atoms. The molecule has 0 aliphatic carbocycles. The summed E-state index contributed by atoms with van der Waals surface area (Å²) in [5.41, 5.74) is 2.15. The second kappa shape index (κ2) is 4.31. The molecule has 0 aliphatic heterocycles. The predicted octanol–water partition coefficient (Wildman–Crippen LogP) is 3.55. The predicted molar refractivity (Wildman–Crippen MR) is 74.6 cm³/mol. The maximum Gasteiger partial charge on any atom is 0.221 e. The first-order valence-electron chi connectivity index (χ1n) is 5.96. The standard InChI is InChI=1S/C15H13NO3/c1-9(17)16-11-7-8-13(18-2)15-14(11)10-5-3-4-6-12(10)19-15/h3-8H,1-2H3,(H,16,17). The Labute approximate surface area is 110 Å². The van der Waals surface area contributed by atoms with Crippen molar-refractivity contribution in [1.29, 1.82) is 0 Å². The number of ether oxygens (including phenoxy) is 1. The summed E-state index contributed by atoms with van der Waals surface area (Å²) in [7, 11) is 1.60. The first-order chi connectivity index (χ1) is 9.20. The van der Waals surface area contributed by atoms with E-state index in [0.29, 0.717) is 11.3 Å². The molecule has 3 aromatic rings. The van der Waals surface area contributed by atoms with Gasteiger partial charge in [0.25, 0.3) is 0 Å². The van der Waals surface area contributed by atoms with Gasteiger partial charge in [0, 0.05) is 12.3 Å². The molecule has 0 saturated heterocycles. The van der Waals surface area contributed by atoms with Crippen LogP contribution in [0, 0.1) is 0 Å². The van der Waals surface area contributed by atoms with Crippen molar-refractivity contribution >= 4 is 33.5 Å². The Kier molecular flexibility index (Phi) is 2.63. The Morgan fingerprint density at radius 1 is 1.21 bits per heavy atom. The number of rotatable bonds is 2. The van der Waals surface area contributed by atoms with Crippen LogP contribution >= 0.6 is 0 Å². The zero-order valence-corrected chi connectivity index (χ0v) is 10.7. The Morgan fingerprint density at radius 3 is 2.74 bits per heavy atom. The Balaban J connectivity index is 2.41. The largest absolute Gasteiger partial charge is 0.493 e. The lowest BCUT2D eigenvalue weighted by atomic mass is 10.1. The number of hydrogen-bond acceptors (Lipinski definition) is 3. The Morgan fingerprint density at radius 2 is 2.00 bits per heavy atom. The summed E-state index contributed by atoms with van der Waals surface area (Å²) in [6, 6.07) is 11.3. The minimum absolute atomic E-state index is 0.114. The minimum Gasteiger partial charge on any atom is -0.493 e. The molecule has 0 radical (unpaired) electrons. The number of benzene rings is 2. The van der Waals surface area contributed by atoms with Crippen molar-refractivity contribution in [2.75, 3.05) is 12.4 Å². The molecule has 19 heavy (non-hydrogen) atoms. The third-order valence-corrected chi connectivity index (χ3v) is 3.02. The molecule has 1 amide bonds. The third kappa shape index (κ3) is 1.81. The topological polar surface area (TPSA) is 51.5 Å².